The molecule has 0 fully saturated rings. The van der Waals surface area contributed by atoms with E-state index in [-0.39, 0.29) is 0 Å². The maximum atomic E-state index is 6.22. The number of anilines is 3. The highest BCUT2D eigenvalue weighted by Gasteiger charge is 2.23. The lowest BCUT2D eigenvalue weighted by molar-refractivity contribution is 1.00. The van der Waals surface area contributed by atoms with Gasteiger partial charge < -0.3 is 10.6 Å². The van der Waals surface area contributed by atoms with E-state index >= 15 is 0 Å². The molecule has 0 aliphatic carbocycles. The van der Waals surface area contributed by atoms with E-state index in [1.54, 1.807) is 6.20 Å². The van der Waals surface area contributed by atoms with Gasteiger partial charge in [-0.15, -0.1) is 0 Å². The molecule has 1 aliphatic rings. The summed E-state index contributed by atoms with van der Waals surface area (Å²) < 4.78 is 0. The van der Waals surface area contributed by atoms with Crippen LogP contribution in [0.3, 0.4) is 0 Å². The van der Waals surface area contributed by atoms with Crippen LogP contribution in [0.5, 0.6) is 0 Å². The molecule has 0 saturated carbocycles. The smallest absolute Gasteiger partial charge is 0.0756 e. The molecule has 1 aliphatic heterocycles. The summed E-state index contributed by atoms with van der Waals surface area (Å²) in [6.45, 7) is 0.970. The van der Waals surface area contributed by atoms with Gasteiger partial charge in [0.1, 0.15) is 0 Å². The van der Waals surface area contributed by atoms with E-state index in [4.69, 9.17) is 5.73 Å². The van der Waals surface area contributed by atoms with Gasteiger partial charge in [0.25, 0.3) is 0 Å². The fourth-order valence-corrected chi connectivity index (χ4v) is 3.01. The van der Waals surface area contributed by atoms with Crippen molar-refractivity contribution in [2.75, 3.05) is 17.2 Å². The third-order valence-electron chi connectivity index (χ3n) is 3.93. The first-order valence-corrected chi connectivity index (χ1v) is 6.83. The van der Waals surface area contributed by atoms with Gasteiger partial charge in [-0.2, -0.15) is 0 Å². The fraction of sp³-hybridized carbons (Fsp3) is 0.118. The van der Waals surface area contributed by atoms with Gasteiger partial charge in [0.05, 0.1) is 23.1 Å². The summed E-state index contributed by atoms with van der Waals surface area (Å²) in [4.78, 5) is 6.73. The molecule has 2 aromatic carbocycles. The molecule has 0 radical (unpaired) electrons. The van der Waals surface area contributed by atoms with Crippen LogP contribution in [0.15, 0.2) is 54.7 Å². The summed E-state index contributed by atoms with van der Waals surface area (Å²) in [6, 6.07) is 16.7. The molecule has 0 amide bonds. The van der Waals surface area contributed by atoms with Gasteiger partial charge in [0, 0.05) is 17.6 Å². The molecule has 0 bridgehead atoms. The van der Waals surface area contributed by atoms with Gasteiger partial charge in [-0.3, -0.25) is 4.98 Å². The second-order valence-corrected chi connectivity index (χ2v) is 5.11. The molecule has 1 aromatic heterocycles. The Morgan fingerprint density at radius 2 is 1.80 bits per heavy atom. The largest absolute Gasteiger partial charge is 0.396 e. The van der Waals surface area contributed by atoms with E-state index in [2.05, 4.69) is 40.2 Å². The van der Waals surface area contributed by atoms with Crippen molar-refractivity contribution in [1.29, 1.82) is 0 Å². The second kappa shape index (κ2) is 4.23. The number of hydrogen-bond acceptors (Lipinski definition) is 3. The van der Waals surface area contributed by atoms with Crippen molar-refractivity contribution in [3.8, 4) is 0 Å². The molecular formula is C17H15N3. The summed E-state index contributed by atoms with van der Waals surface area (Å²) in [7, 11) is 0. The van der Waals surface area contributed by atoms with Gasteiger partial charge in [-0.25, -0.2) is 0 Å². The molecule has 4 rings (SSSR count). The Bertz CT molecular complexity index is 795. The lowest BCUT2D eigenvalue weighted by Gasteiger charge is -2.23. The van der Waals surface area contributed by atoms with E-state index in [1.165, 1.54) is 11.3 Å². The first-order chi connectivity index (χ1) is 9.84. The zero-order chi connectivity index (χ0) is 13.5. The minimum absolute atomic E-state index is 0.736. The topological polar surface area (TPSA) is 42.1 Å². The Morgan fingerprint density at radius 1 is 1.00 bits per heavy atom. The van der Waals surface area contributed by atoms with Crippen molar-refractivity contribution in [3.63, 3.8) is 0 Å². The minimum atomic E-state index is 0.736. The maximum Gasteiger partial charge on any atom is 0.0756 e. The highest BCUT2D eigenvalue weighted by Crippen LogP contribution is 2.40. The van der Waals surface area contributed by atoms with E-state index in [0.29, 0.717) is 0 Å². The Labute approximate surface area is 117 Å². The van der Waals surface area contributed by atoms with E-state index in [0.717, 1.165) is 35.2 Å². The van der Waals surface area contributed by atoms with Crippen LogP contribution in [0, 0.1) is 0 Å². The summed E-state index contributed by atoms with van der Waals surface area (Å²) in [5.74, 6) is 0. The number of nitrogens with two attached hydrogens (primary N) is 1. The predicted octanol–water partition coefficient (Wildman–Crippen LogP) is 3.51. The van der Waals surface area contributed by atoms with Crippen LogP contribution in [-0.4, -0.2) is 11.5 Å². The van der Waals surface area contributed by atoms with E-state index < -0.39 is 0 Å². The van der Waals surface area contributed by atoms with Crippen molar-refractivity contribution in [2.24, 2.45) is 0 Å². The van der Waals surface area contributed by atoms with Crippen molar-refractivity contribution in [1.82, 2.24) is 4.98 Å². The van der Waals surface area contributed by atoms with Crippen LogP contribution in [-0.2, 0) is 6.42 Å². The third kappa shape index (κ3) is 1.56. The minimum Gasteiger partial charge on any atom is -0.396 e. The second-order valence-electron chi connectivity index (χ2n) is 5.11. The zero-order valence-electron chi connectivity index (χ0n) is 11.1. The summed E-state index contributed by atoms with van der Waals surface area (Å²) in [6.07, 6.45) is 2.82. The number of fused-ring (bicyclic) bond motifs is 2. The number of aromatic nitrogens is 1. The number of benzene rings is 2. The third-order valence-corrected chi connectivity index (χ3v) is 3.93. The molecule has 0 unspecified atom stereocenters. The van der Waals surface area contributed by atoms with Crippen LogP contribution < -0.4 is 10.6 Å². The molecule has 2 N–H and O–H groups in total. The first kappa shape index (κ1) is 11.3. The van der Waals surface area contributed by atoms with Crippen molar-refractivity contribution >= 4 is 28.0 Å². The average Bonchev–Trinajstić information content (AvgIpc) is 2.91. The summed E-state index contributed by atoms with van der Waals surface area (Å²) in [5, 5.41) is 1.12. The van der Waals surface area contributed by atoms with Gasteiger partial charge in [0.15, 0.2) is 0 Å². The van der Waals surface area contributed by atoms with Crippen molar-refractivity contribution in [3.05, 3.63) is 60.3 Å². The van der Waals surface area contributed by atoms with Crippen LogP contribution in [0.25, 0.3) is 10.9 Å². The molecule has 3 aromatic rings. The maximum absolute atomic E-state index is 6.22. The normalized spacial score (nSPS) is 13.7. The van der Waals surface area contributed by atoms with Crippen molar-refractivity contribution < 1.29 is 0 Å². The molecule has 20 heavy (non-hydrogen) atoms. The van der Waals surface area contributed by atoms with Crippen molar-refractivity contribution in [2.45, 2.75) is 6.42 Å². The van der Waals surface area contributed by atoms with E-state index in [1.807, 2.05) is 18.2 Å². The standard InChI is InChI=1S/C17H15N3/c18-14-11-19-15-7-3-2-6-13(15)17(14)20-10-9-12-5-1-4-8-16(12)20/h1-8,11H,9-10,18H2. The Balaban J connectivity index is 1.98. The quantitative estimate of drug-likeness (QED) is 0.729. The number of pyridine rings is 1. The molecule has 2 heterocycles. The Morgan fingerprint density at radius 3 is 2.75 bits per heavy atom. The number of para-hydroxylation sites is 2. The highest BCUT2D eigenvalue weighted by molar-refractivity contribution is 6.00. The SMILES string of the molecule is Nc1cnc2ccccc2c1N1CCc2ccccc21. The highest BCUT2D eigenvalue weighted by atomic mass is 15.2. The molecular weight excluding hydrogens is 246 g/mol. The van der Waals surface area contributed by atoms with Crippen LogP contribution in [0.2, 0.25) is 0 Å². The summed E-state index contributed by atoms with van der Waals surface area (Å²) in [5.41, 5.74) is 11.7. The fourth-order valence-electron chi connectivity index (χ4n) is 3.01. The number of nitrogen functional groups attached to an aromatic ring is 1. The average molecular weight is 261 g/mol. The molecule has 98 valence electrons. The Hall–Kier alpha value is -2.55. The lowest BCUT2D eigenvalue weighted by Crippen LogP contribution is -2.15. The predicted molar refractivity (Wildman–Crippen MR) is 83.3 cm³/mol. The molecule has 0 atom stereocenters. The summed E-state index contributed by atoms with van der Waals surface area (Å²) >= 11 is 0. The molecule has 0 saturated heterocycles. The molecule has 3 nitrogen and oxygen atoms in total. The number of nitrogens with zero attached hydrogens (tertiary/aromatic N) is 2. The van der Waals surface area contributed by atoms with Gasteiger partial charge >= 0.3 is 0 Å². The molecule has 0 spiro atoms. The Kier molecular flexibility index (Phi) is 2.39. The van der Waals surface area contributed by atoms with Crippen LogP contribution in [0.4, 0.5) is 17.1 Å². The number of rotatable bonds is 1. The monoisotopic (exact) mass is 261 g/mol. The molecule has 3 heteroatoms. The van der Waals surface area contributed by atoms with Gasteiger partial charge in [0.2, 0.25) is 0 Å². The van der Waals surface area contributed by atoms with Crippen LogP contribution >= 0.6 is 0 Å². The van der Waals surface area contributed by atoms with Gasteiger partial charge in [-0.1, -0.05) is 36.4 Å². The zero-order valence-corrected chi connectivity index (χ0v) is 11.1. The number of hydrogen-bond donors (Lipinski definition) is 1. The van der Waals surface area contributed by atoms with Crippen LogP contribution in [0.1, 0.15) is 5.56 Å². The van der Waals surface area contributed by atoms with E-state index in [9.17, 15) is 0 Å². The first-order valence-electron chi connectivity index (χ1n) is 6.83. The lowest BCUT2D eigenvalue weighted by atomic mass is 10.1. The van der Waals surface area contributed by atoms with Gasteiger partial charge in [-0.05, 0) is 24.1 Å².